The molecule has 26 heavy (non-hydrogen) atoms. The van der Waals surface area contributed by atoms with Gasteiger partial charge >= 0.3 is 0 Å². The lowest BCUT2D eigenvalue weighted by molar-refractivity contribution is 0.0924. The van der Waals surface area contributed by atoms with Crippen molar-refractivity contribution in [2.45, 2.75) is 19.9 Å². The minimum Gasteiger partial charge on any atom is -0.489 e. The summed E-state index contributed by atoms with van der Waals surface area (Å²) >= 11 is 6.29. The molecule has 1 amide bonds. The van der Waals surface area contributed by atoms with E-state index in [4.69, 9.17) is 25.5 Å². The Bertz CT molecular complexity index is 979. The molecule has 0 atom stereocenters. The molecule has 3 aromatic rings. The van der Waals surface area contributed by atoms with Crippen molar-refractivity contribution < 1.29 is 18.7 Å². The molecule has 6 heteroatoms. The van der Waals surface area contributed by atoms with Crippen LogP contribution in [-0.4, -0.2) is 19.1 Å². The molecule has 1 aliphatic rings. The van der Waals surface area contributed by atoms with Gasteiger partial charge in [-0.25, -0.2) is 0 Å². The second-order valence-electron chi connectivity index (χ2n) is 6.19. The first-order valence-corrected chi connectivity index (χ1v) is 8.85. The number of benzene rings is 2. The lowest BCUT2D eigenvalue weighted by atomic mass is 10.1. The topological polar surface area (TPSA) is 60.7 Å². The van der Waals surface area contributed by atoms with Crippen LogP contribution in [-0.2, 0) is 6.54 Å². The fraction of sp³-hybridized carbons (Fsp3) is 0.250. The van der Waals surface area contributed by atoms with Gasteiger partial charge in [-0.2, -0.15) is 0 Å². The van der Waals surface area contributed by atoms with Crippen LogP contribution in [0.2, 0.25) is 5.02 Å². The Hall–Kier alpha value is -2.66. The lowest BCUT2D eigenvalue weighted by Gasteiger charge is -2.12. The summed E-state index contributed by atoms with van der Waals surface area (Å²) in [5, 5.41) is 4.30. The summed E-state index contributed by atoms with van der Waals surface area (Å²) in [6.07, 6.45) is 0.808. The van der Waals surface area contributed by atoms with Crippen LogP contribution in [0.25, 0.3) is 11.0 Å². The third-order valence-electron chi connectivity index (χ3n) is 4.36. The molecule has 0 saturated heterocycles. The number of carbonyl (C=O) groups is 1. The molecular weight excluding hydrogens is 354 g/mol. The summed E-state index contributed by atoms with van der Waals surface area (Å²) in [6, 6.07) is 11.2. The van der Waals surface area contributed by atoms with Gasteiger partial charge in [-0.05, 0) is 30.7 Å². The van der Waals surface area contributed by atoms with Crippen molar-refractivity contribution >= 4 is 28.5 Å². The molecule has 134 valence electrons. The highest BCUT2D eigenvalue weighted by atomic mass is 35.5. The second kappa shape index (κ2) is 6.92. The molecule has 4 rings (SSSR count). The van der Waals surface area contributed by atoms with Crippen LogP contribution in [0.15, 0.2) is 40.8 Å². The van der Waals surface area contributed by atoms with Gasteiger partial charge in [0.15, 0.2) is 17.3 Å². The molecule has 1 N–H and O–H groups in total. The molecule has 0 radical (unpaired) electrons. The number of halogens is 1. The molecule has 5 nitrogen and oxygen atoms in total. The van der Waals surface area contributed by atoms with Gasteiger partial charge < -0.3 is 19.2 Å². The summed E-state index contributed by atoms with van der Waals surface area (Å²) in [5.41, 5.74) is 2.37. The van der Waals surface area contributed by atoms with Crippen molar-refractivity contribution in [2.75, 3.05) is 13.2 Å². The predicted molar refractivity (Wildman–Crippen MR) is 99.2 cm³/mol. The second-order valence-corrected chi connectivity index (χ2v) is 6.60. The standard InChI is InChI=1S/C20H18ClNO4/c1-12-14-5-2-3-6-16(14)26-18(12)20(23)22-11-13-9-15(21)19-17(10-13)24-7-4-8-25-19/h2-3,5-6,9-10H,4,7-8,11H2,1H3,(H,22,23). The lowest BCUT2D eigenvalue weighted by Crippen LogP contribution is -2.23. The van der Waals surface area contributed by atoms with Crippen molar-refractivity contribution in [3.63, 3.8) is 0 Å². The van der Waals surface area contributed by atoms with Crippen LogP contribution < -0.4 is 14.8 Å². The fourth-order valence-corrected chi connectivity index (χ4v) is 3.33. The van der Waals surface area contributed by atoms with Gasteiger partial charge in [0.2, 0.25) is 0 Å². The van der Waals surface area contributed by atoms with Crippen LogP contribution in [0, 0.1) is 6.92 Å². The van der Waals surface area contributed by atoms with Crippen LogP contribution in [0.3, 0.4) is 0 Å². The maximum Gasteiger partial charge on any atom is 0.287 e. The van der Waals surface area contributed by atoms with E-state index in [0.717, 1.165) is 22.9 Å². The minimum atomic E-state index is -0.262. The summed E-state index contributed by atoms with van der Waals surface area (Å²) in [5.74, 6) is 1.24. The number of fused-ring (bicyclic) bond motifs is 2. The summed E-state index contributed by atoms with van der Waals surface area (Å²) in [6.45, 7) is 3.35. The van der Waals surface area contributed by atoms with Gasteiger partial charge in [-0.3, -0.25) is 4.79 Å². The smallest absolute Gasteiger partial charge is 0.287 e. The average Bonchev–Trinajstić information content (AvgIpc) is 2.81. The van der Waals surface area contributed by atoms with E-state index in [2.05, 4.69) is 5.32 Å². The number of carbonyl (C=O) groups excluding carboxylic acids is 1. The highest BCUT2D eigenvalue weighted by Gasteiger charge is 2.19. The molecule has 1 aromatic heterocycles. The predicted octanol–water partition coefficient (Wildman–Crippen LogP) is 4.49. The van der Waals surface area contributed by atoms with Gasteiger partial charge in [0.1, 0.15) is 5.58 Å². The number of furan rings is 1. The van der Waals surface area contributed by atoms with Crippen LogP contribution in [0.1, 0.15) is 28.1 Å². The van der Waals surface area contributed by atoms with Crippen molar-refractivity contribution in [3.05, 3.63) is 58.3 Å². The minimum absolute atomic E-state index is 0.262. The molecule has 0 aliphatic carbocycles. The van der Waals surface area contributed by atoms with Crippen LogP contribution >= 0.6 is 11.6 Å². The van der Waals surface area contributed by atoms with Crippen LogP contribution in [0.4, 0.5) is 0 Å². The Morgan fingerprint density at radius 3 is 2.85 bits per heavy atom. The average molecular weight is 372 g/mol. The van der Waals surface area contributed by atoms with E-state index in [0.29, 0.717) is 47.6 Å². The maximum atomic E-state index is 12.5. The number of aryl methyl sites for hydroxylation is 1. The molecular formula is C20H18ClNO4. The number of para-hydroxylation sites is 1. The zero-order valence-electron chi connectivity index (χ0n) is 14.3. The molecule has 0 saturated carbocycles. The highest BCUT2D eigenvalue weighted by molar-refractivity contribution is 6.32. The fourth-order valence-electron chi connectivity index (χ4n) is 3.04. The van der Waals surface area contributed by atoms with E-state index in [-0.39, 0.29) is 5.91 Å². The zero-order chi connectivity index (χ0) is 18.1. The van der Waals surface area contributed by atoms with E-state index in [9.17, 15) is 4.79 Å². The summed E-state index contributed by atoms with van der Waals surface area (Å²) < 4.78 is 17.0. The Morgan fingerprint density at radius 1 is 1.19 bits per heavy atom. The number of hydrogen-bond acceptors (Lipinski definition) is 4. The molecule has 0 spiro atoms. The van der Waals surface area contributed by atoms with Crippen molar-refractivity contribution in [2.24, 2.45) is 0 Å². The van der Waals surface area contributed by atoms with E-state index in [1.165, 1.54) is 0 Å². The van der Waals surface area contributed by atoms with Gasteiger partial charge in [0.05, 0.1) is 18.2 Å². The number of ether oxygens (including phenoxy) is 2. The number of hydrogen-bond donors (Lipinski definition) is 1. The van der Waals surface area contributed by atoms with Gasteiger partial charge in [0.25, 0.3) is 5.91 Å². The maximum absolute atomic E-state index is 12.5. The molecule has 0 fully saturated rings. The van der Waals surface area contributed by atoms with Crippen LogP contribution in [0.5, 0.6) is 11.5 Å². The van der Waals surface area contributed by atoms with Gasteiger partial charge in [0, 0.05) is 23.9 Å². The molecule has 2 aromatic carbocycles. The third-order valence-corrected chi connectivity index (χ3v) is 4.65. The first kappa shape index (κ1) is 16.8. The summed E-state index contributed by atoms with van der Waals surface area (Å²) in [4.78, 5) is 12.5. The highest BCUT2D eigenvalue weighted by Crippen LogP contribution is 2.38. The van der Waals surface area contributed by atoms with Crippen molar-refractivity contribution in [1.82, 2.24) is 5.32 Å². The molecule has 0 unspecified atom stereocenters. The third kappa shape index (κ3) is 3.10. The Kier molecular flexibility index (Phi) is 4.47. The largest absolute Gasteiger partial charge is 0.489 e. The zero-order valence-corrected chi connectivity index (χ0v) is 15.1. The molecule has 2 heterocycles. The number of nitrogens with one attached hydrogen (secondary N) is 1. The normalized spacial score (nSPS) is 13.5. The Balaban J connectivity index is 1.53. The van der Waals surface area contributed by atoms with E-state index in [1.807, 2.05) is 37.3 Å². The van der Waals surface area contributed by atoms with Crippen molar-refractivity contribution in [1.29, 1.82) is 0 Å². The Labute approximate surface area is 155 Å². The van der Waals surface area contributed by atoms with Gasteiger partial charge in [-0.15, -0.1) is 0 Å². The number of rotatable bonds is 3. The van der Waals surface area contributed by atoms with Gasteiger partial charge in [-0.1, -0.05) is 29.8 Å². The monoisotopic (exact) mass is 371 g/mol. The SMILES string of the molecule is Cc1c(C(=O)NCc2cc(Cl)c3c(c2)OCCCO3)oc2ccccc12. The quantitative estimate of drug-likeness (QED) is 0.737. The Morgan fingerprint density at radius 2 is 2.00 bits per heavy atom. The van der Waals surface area contributed by atoms with E-state index < -0.39 is 0 Å². The van der Waals surface area contributed by atoms with E-state index >= 15 is 0 Å². The molecule has 0 bridgehead atoms. The summed E-state index contributed by atoms with van der Waals surface area (Å²) in [7, 11) is 0. The first-order chi connectivity index (χ1) is 12.6. The first-order valence-electron chi connectivity index (χ1n) is 8.48. The van der Waals surface area contributed by atoms with Crippen molar-refractivity contribution in [3.8, 4) is 11.5 Å². The van der Waals surface area contributed by atoms with E-state index in [1.54, 1.807) is 6.07 Å². The number of amides is 1. The molecule has 1 aliphatic heterocycles.